The molecule has 0 heterocycles. The average Bonchev–Trinajstić information content (AvgIpc) is 2.80. The quantitative estimate of drug-likeness (QED) is 0.380. The molecule has 1 atom stereocenters. The van der Waals surface area contributed by atoms with Crippen molar-refractivity contribution in [3.05, 3.63) is 59.2 Å². The zero-order chi connectivity index (χ0) is 23.8. The fraction of sp³-hybridized carbons (Fsp3) is 0.552. The molecule has 2 aromatic carbocycles. The van der Waals surface area contributed by atoms with Crippen LogP contribution in [0, 0.1) is 12.8 Å². The lowest BCUT2D eigenvalue weighted by atomic mass is 9.85. The number of ether oxygens (including phenoxy) is 3. The molecule has 0 aliphatic heterocycles. The third-order valence-corrected chi connectivity index (χ3v) is 6.43. The van der Waals surface area contributed by atoms with Gasteiger partial charge in [0.05, 0.1) is 37.6 Å². The molecule has 33 heavy (non-hydrogen) atoms. The zero-order valence-electron chi connectivity index (χ0n) is 21.0. The van der Waals surface area contributed by atoms with Gasteiger partial charge in [-0.3, -0.25) is 0 Å². The number of aryl methyl sites for hydroxylation is 1. The molecular weight excluding hydrogens is 412 g/mol. The molecule has 0 amide bonds. The van der Waals surface area contributed by atoms with Crippen molar-refractivity contribution in [1.82, 2.24) is 0 Å². The second-order valence-corrected chi connectivity index (χ2v) is 10.3. The summed E-state index contributed by atoms with van der Waals surface area (Å²) < 4.78 is 17.6. The summed E-state index contributed by atoms with van der Waals surface area (Å²) in [6.45, 7) is 9.42. The molecule has 180 valence electrons. The van der Waals surface area contributed by atoms with Crippen molar-refractivity contribution < 1.29 is 19.0 Å². The van der Waals surface area contributed by atoms with E-state index < -0.39 is 0 Å². The molecule has 3 rings (SSSR count). The maximum Gasteiger partial charge on any atom is 0.338 e. The van der Waals surface area contributed by atoms with Crippen molar-refractivity contribution in [3.63, 3.8) is 0 Å². The van der Waals surface area contributed by atoms with E-state index in [2.05, 4.69) is 39.8 Å². The molecule has 0 spiro atoms. The molecule has 1 saturated carbocycles. The third kappa shape index (κ3) is 7.68. The van der Waals surface area contributed by atoms with E-state index in [4.69, 9.17) is 14.2 Å². The van der Waals surface area contributed by atoms with E-state index in [0.29, 0.717) is 18.8 Å². The van der Waals surface area contributed by atoms with Crippen LogP contribution in [0.1, 0.15) is 80.8 Å². The number of benzene rings is 2. The highest BCUT2D eigenvalue weighted by molar-refractivity contribution is 5.97. The first-order valence-electron chi connectivity index (χ1n) is 12.3. The second-order valence-electron chi connectivity index (χ2n) is 10.3. The molecule has 0 N–H and O–H groups in total. The summed E-state index contributed by atoms with van der Waals surface area (Å²) in [5.41, 5.74) is 4.48. The molecule has 0 bridgehead atoms. The minimum absolute atomic E-state index is 0.0644. The van der Waals surface area contributed by atoms with Crippen LogP contribution >= 0.6 is 0 Å². The Kier molecular flexibility index (Phi) is 9.10. The topological polar surface area (TPSA) is 44.8 Å². The van der Waals surface area contributed by atoms with Crippen LogP contribution in [0.5, 0.6) is 0 Å². The molecule has 0 radical (unpaired) electrons. The summed E-state index contributed by atoms with van der Waals surface area (Å²) in [4.78, 5) is 12.4. The molecule has 1 fully saturated rings. The van der Waals surface area contributed by atoms with Crippen molar-refractivity contribution in [2.24, 2.45) is 5.92 Å². The Morgan fingerprint density at radius 1 is 1.03 bits per heavy atom. The first-order chi connectivity index (χ1) is 15.8. The maximum atomic E-state index is 12.4. The number of carbonyl (C=O) groups excluding carboxylic acids is 1. The Bertz CT molecular complexity index is 906. The molecule has 0 aromatic heterocycles. The maximum absolute atomic E-state index is 12.4. The number of esters is 1. The summed E-state index contributed by atoms with van der Waals surface area (Å²) >= 11 is 0. The first kappa shape index (κ1) is 25.5. The third-order valence-electron chi connectivity index (χ3n) is 6.43. The van der Waals surface area contributed by atoms with Gasteiger partial charge in [-0.15, -0.1) is 0 Å². The molecule has 1 unspecified atom stereocenters. The standard InChI is InChI=1S/C29H40O4/c1-21-11-9-10-14-25(21)27-18-23(15-16-26(27)28(30)31-5)19-32-24(20-33-29(2,3)4)17-22-12-7-6-8-13-22/h9-11,14-16,18,22,24H,6-8,12-13,17,19-20H2,1-5H3. The van der Waals surface area contributed by atoms with Gasteiger partial charge in [-0.2, -0.15) is 0 Å². The Labute approximate surface area is 199 Å². The van der Waals surface area contributed by atoms with Crippen LogP contribution in [-0.4, -0.2) is 31.4 Å². The van der Waals surface area contributed by atoms with E-state index in [9.17, 15) is 4.79 Å². The van der Waals surface area contributed by atoms with Gasteiger partial charge in [-0.05, 0) is 74.4 Å². The Morgan fingerprint density at radius 3 is 2.42 bits per heavy atom. The van der Waals surface area contributed by atoms with Gasteiger partial charge in [-0.25, -0.2) is 4.79 Å². The van der Waals surface area contributed by atoms with E-state index in [1.54, 1.807) is 0 Å². The highest BCUT2D eigenvalue weighted by Crippen LogP contribution is 2.31. The van der Waals surface area contributed by atoms with E-state index in [1.807, 2.05) is 30.3 Å². The minimum atomic E-state index is -0.325. The van der Waals surface area contributed by atoms with E-state index in [-0.39, 0.29) is 17.7 Å². The van der Waals surface area contributed by atoms with Gasteiger partial charge in [-0.1, -0.05) is 62.4 Å². The van der Waals surface area contributed by atoms with E-state index >= 15 is 0 Å². The normalized spacial score (nSPS) is 15.9. The Balaban J connectivity index is 1.78. The van der Waals surface area contributed by atoms with Crippen LogP contribution in [0.3, 0.4) is 0 Å². The van der Waals surface area contributed by atoms with Gasteiger partial charge in [0.25, 0.3) is 0 Å². The lowest BCUT2D eigenvalue weighted by Gasteiger charge is -2.29. The highest BCUT2D eigenvalue weighted by Gasteiger charge is 2.23. The van der Waals surface area contributed by atoms with Crippen LogP contribution in [0.25, 0.3) is 11.1 Å². The van der Waals surface area contributed by atoms with Gasteiger partial charge in [0.15, 0.2) is 0 Å². The van der Waals surface area contributed by atoms with E-state index in [0.717, 1.165) is 34.6 Å². The fourth-order valence-electron chi connectivity index (χ4n) is 4.60. The lowest BCUT2D eigenvalue weighted by molar-refractivity contribution is -0.0849. The molecule has 4 heteroatoms. The van der Waals surface area contributed by atoms with Crippen molar-refractivity contribution in [2.45, 2.75) is 84.5 Å². The molecule has 1 aliphatic carbocycles. The van der Waals surface area contributed by atoms with Crippen molar-refractivity contribution in [2.75, 3.05) is 13.7 Å². The zero-order valence-corrected chi connectivity index (χ0v) is 21.0. The molecule has 2 aromatic rings. The predicted octanol–water partition coefficient (Wildman–Crippen LogP) is 7.12. The second kappa shape index (κ2) is 11.8. The summed E-state index contributed by atoms with van der Waals surface area (Å²) in [6, 6.07) is 14.0. The lowest BCUT2D eigenvalue weighted by Crippen LogP contribution is -2.30. The largest absolute Gasteiger partial charge is 0.465 e. The SMILES string of the molecule is COC(=O)c1ccc(COC(COC(C)(C)C)CC2CCCCC2)cc1-c1ccccc1C. The van der Waals surface area contributed by atoms with Crippen LogP contribution in [0.2, 0.25) is 0 Å². The first-order valence-corrected chi connectivity index (χ1v) is 12.3. The summed E-state index contributed by atoms with van der Waals surface area (Å²) in [7, 11) is 1.42. The van der Waals surface area contributed by atoms with Gasteiger partial charge < -0.3 is 14.2 Å². The Hall–Kier alpha value is -2.17. The predicted molar refractivity (Wildman–Crippen MR) is 133 cm³/mol. The van der Waals surface area contributed by atoms with Crippen LogP contribution in [-0.2, 0) is 20.8 Å². The number of hydrogen-bond donors (Lipinski definition) is 0. The van der Waals surface area contributed by atoms with E-state index in [1.165, 1.54) is 39.2 Å². The highest BCUT2D eigenvalue weighted by atomic mass is 16.5. The molecular formula is C29H40O4. The number of rotatable bonds is 9. The summed E-state index contributed by atoms with van der Waals surface area (Å²) in [5, 5.41) is 0. The smallest absolute Gasteiger partial charge is 0.338 e. The van der Waals surface area contributed by atoms with Gasteiger partial charge in [0.1, 0.15) is 0 Å². The van der Waals surface area contributed by atoms with Crippen molar-refractivity contribution in [3.8, 4) is 11.1 Å². The van der Waals surface area contributed by atoms with Gasteiger partial charge in [0, 0.05) is 0 Å². The van der Waals surface area contributed by atoms with Gasteiger partial charge >= 0.3 is 5.97 Å². The van der Waals surface area contributed by atoms with Crippen LogP contribution in [0.15, 0.2) is 42.5 Å². The minimum Gasteiger partial charge on any atom is -0.465 e. The van der Waals surface area contributed by atoms with Crippen molar-refractivity contribution >= 4 is 5.97 Å². The summed E-state index contributed by atoms with van der Waals surface area (Å²) in [5.74, 6) is 0.394. The summed E-state index contributed by atoms with van der Waals surface area (Å²) in [6.07, 6.45) is 7.70. The number of methoxy groups -OCH3 is 1. The molecule has 0 saturated heterocycles. The molecule has 4 nitrogen and oxygen atoms in total. The number of hydrogen-bond acceptors (Lipinski definition) is 4. The van der Waals surface area contributed by atoms with Crippen molar-refractivity contribution in [1.29, 1.82) is 0 Å². The number of carbonyl (C=O) groups is 1. The monoisotopic (exact) mass is 452 g/mol. The molecule has 1 aliphatic rings. The average molecular weight is 453 g/mol. The fourth-order valence-corrected chi connectivity index (χ4v) is 4.60. The van der Waals surface area contributed by atoms with Gasteiger partial charge in [0.2, 0.25) is 0 Å². The van der Waals surface area contributed by atoms with Crippen LogP contribution < -0.4 is 0 Å². The van der Waals surface area contributed by atoms with Crippen LogP contribution in [0.4, 0.5) is 0 Å². The Morgan fingerprint density at radius 2 is 1.76 bits per heavy atom.